The average Bonchev–Trinajstić information content (AvgIpc) is 3.12. The molecule has 0 aliphatic heterocycles. The number of aliphatic hydroxyl groups is 1. The number of fused-ring (bicyclic) bond motifs is 1. The van der Waals surface area contributed by atoms with E-state index in [1.165, 1.54) is 0 Å². The van der Waals surface area contributed by atoms with Crippen LogP contribution >= 0.6 is 0 Å². The molecule has 0 bridgehead atoms. The Morgan fingerprint density at radius 3 is 2.74 bits per heavy atom. The number of H-pyrrole nitrogens is 1. The number of hydrogen-bond donors (Lipinski definition) is 3. The van der Waals surface area contributed by atoms with Crippen molar-refractivity contribution in [1.29, 1.82) is 0 Å². The number of carbonyl (C=O) groups is 1. The second-order valence-corrected chi connectivity index (χ2v) is 6.25. The second-order valence-electron chi connectivity index (χ2n) is 6.25. The molecular formula is C21H18N4O2. The monoisotopic (exact) mass is 358 g/mol. The molecule has 0 spiro atoms. The van der Waals surface area contributed by atoms with E-state index in [0.29, 0.717) is 5.69 Å². The number of benzene rings is 2. The summed E-state index contributed by atoms with van der Waals surface area (Å²) in [6.07, 6.45) is 2.61. The van der Waals surface area contributed by atoms with Crippen molar-refractivity contribution in [3.05, 3.63) is 78.6 Å². The van der Waals surface area contributed by atoms with E-state index >= 15 is 0 Å². The smallest absolute Gasteiger partial charge is 0.227 e. The fourth-order valence-corrected chi connectivity index (χ4v) is 3.00. The largest absolute Gasteiger partial charge is 0.388 e. The van der Waals surface area contributed by atoms with Gasteiger partial charge >= 0.3 is 0 Å². The van der Waals surface area contributed by atoms with E-state index < -0.39 is 6.10 Å². The summed E-state index contributed by atoms with van der Waals surface area (Å²) in [5.74, 6) is -0.253. The van der Waals surface area contributed by atoms with Crippen LogP contribution in [0.3, 0.4) is 0 Å². The zero-order chi connectivity index (χ0) is 18.6. The van der Waals surface area contributed by atoms with Crippen molar-refractivity contribution >= 4 is 22.5 Å². The van der Waals surface area contributed by atoms with Crippen molar-refractivity contribution in [2.75, 3.05) is 5.32 Å². The highest BCUT2D eigenvalue weighted by atomic mass is 16.3. The summed E-state index contributed by atoms with van der Waals surface area (Å²) in [6.45, 7) is 0. The molecule has 2 aromatic heterocycles. The Labute approximate surface area is 155 Å². The van der Waals surface area contributed by atoms with Gasteiger partial charge in [0.2, 0.25) is 5.91 Å². The molecule has 0 aliphatic carbocycles. The van der Waals surface area contributed by atoms with Crippen LogP contribution in [0.5, 0.6) is 0 Å². The minimum Gasteiger partial charge on any atom is -0.388 e. The lowest BCUT2D eigenvalue weighted by Crippen LogP contribution is -2.15. The molecule has 0 saturated carbocycles. The Morgan fingerprint density at radius 2 is 1.96 bits per heavy atom. The van der Waals surface area contributed by atoms with Crippen molar-refractivity contribution in [2.45, 2.75) is 12.5 Å². The number of pyridine rings is 1. The standard InChI is InChI=1S/C21H18N4O2/c26-19(14-5-2-1-3-6-14)12-20(27)23-16-8-9-18-17(11-16)21(25-24-18)15-7-4-10-22-13-15/h1-11,13,19,26H,12H2,(H,23,27)(H,24,25). The van der Waals surface area contributed by atoms with Crippen LogP contribution in [0, 0.1) is 0 Å². The first-order valence-corrected chi connectivity index (χ1v) is 8.62. The number of aromatic nitrogens is 3. The Bertz CT molecular complexity index is 1060. The Hall–Kier alpha value is -3.51. The second kappa shape index (κ2) is 7.39. The van der Waals surface area contributed by atoms with E-state index in [1.807, 2.05) is 42.5 Å². The third kappa shape index (κ3) is 3.70. The molecule has 6 heteroatoms. The van der Waals surface area contributed by atoms with E-state index in [9.17, 15) is 9.90 Å². The number of nitrogens with one attached hydrogen (secondary N) is 2. The van der Waals surface area contributed by atoms with Gasteiger partial charge in [0, 0.05) is 29.0 Å². The van der Waals surface area contributed by atoms with Crippen LogP contribution in [0.1, 0.15) is 18.1 Å². The van der Waals surface area contributed by atoms with Gasteiger partial charge in [-0.05, 0) is 35.9 Å². The molecule has 4 aromatic rings. The van der Waals surface area contributed by atoms with E-state index in [4.69, 9.17) is 0 Å². The maximum absolute atomic E-state index is 12.3. The molecule has 1 atom stereocenters. The fourth-order valence-electron chi connectivity index (χ4n) is 3.00. The number of carbonyl (C=O) groups excluding carboxylic acids is 1. The summed E-state index contributed by atoms with van der Waals surface area (Å²) >= 11 is 0. The molecule has 3 N–H and O–H groups in total. The molecule has 0 fully saturated rings. The summed E-state index contributed by atoms with van der Waals surface area (Å²) in [5, 5.41) is 21.3. The van der Waals surface area contributed by atoms with Crippen LogP contribution < -0.4 is 5.32 Å². The third-order valence-electron chi connectivity index (χ3n) is 4.34. The van der Waals surface area contributed by atoms with E-state index in [2.05, 4.69) is 20.5 Å². The highest BCUT2D eigenvalue weighted by Gasteiger charge is 2.14. The number of anilines is 1. The Balaban J connectivity index is 1.53. The van der Waals surface area contributed by atoms with Gasteiger partial charge in [0.25, 0.3) is 0 Å². The average molecular weight is 358 g/mol. The van der Waals surface area contributed by atoms with Crippen LogP contribution in [0.4, 0.5) is 5.69 Å². The first-order valence-electron chi connectivity index (χ1n) is 8.62. The molecule has 134 valence electrons. The normalized spacial score (nSPS) is 12.0. The van der Waals surface area contributed by atoms with Crippen LogP contribution in [-0.4, -0.2) is 26.2 Å². The van der Waals surface area contributed by atoms with Crippen molar-refractivity contribution in [2.24, 2.45) is 0 Å². The maximum atomic E-state index is 12.3. The molecule has 6 nitrogen and oxygen atoms in total. The predicted molar refractivity (Wildman–Crippen MR) is 104 cm³/mol. The zero-order valence-electron chi connectivity index (χ0n) is 14.5. The molecule has 27 heavy (non-hydrogen) atoms. The summed E-state index contributed by atoms with van der Waals surface area (Å²) in [4.78, 5) is 16.4. The molecule has 1 amide bonds. The quantitative estimate of drug-likeness (QED) is 0.507. The number of aliphatic hydroxyl groups excluding tert-OH is 1. The molecule has 1 unspecified atom stereocenters. The lowest BCUT2D eigenvalue weighted by molar-refractivity contribution is -0.118. The van der Waals surface area contributed by atoms with Crippen molar-refractivity contribution in [1.82, 2.24) is 15.2 Å². The van der Waals surface area contributed by atoms with Crippen molar-refractivity contribution in [3.63, 3.8) is 0 Å². The van der Waals surface area contributed by atoms with E-state index in [-0.39, 0.29) is 12.3 Å². The van der Waals surface area contributed by atoms with Gasteiger partial charge in [-0.15, -0.1) is 0 Å². The van der Waals surface area contributed by atoms with Gasteiger partial charge in [0.05, 0.1) is 18.0 Å². The van der Waals surface area contributed by atoms with Crippen LogP contribution in [0.15, 0.2) is 73.1 Å². The highest BCUT2D eigenvalue weighted by Crippen LogP contribution is 2.28. The van der Waals surface area contributed by atoms with Crippen LogP contribution in [-0.2, 0) is 4.79 Å². The minimum atomic E-state index is -0.838. The third-order valence-corrected chi connectivity index (χ3v) is 4.34. The SMILES string of the molecule is O=C(CC(O)c1ccccc1)Nc1ccc2[nH]nc(-c3cccnc3)c2c1. The van der Waals surface area contributed by atoms with Crippen LogP contribution in [0.25, 0.3) is 22.2 Å². The molecule has 4 rings (SSSR count). The van der Waals surface area contributed by atoms with Gasteiger partial charge in [-0.1, -0.05) is 30.3 Å². The first kappa shape index (κ1) is 16.9. The maximum Gasteiger partial charge on any atom is 0.227 e. The Morgan fingerprint density at radius 1 is 1.11 bits per heavy atom. The van der Waals surface area contributed by atoms with Gasteiger partial charge in [-0.2, -0.15) is 5.10 Å². The molecule has 0 radical (unpaired) electrons. The zero-order valence-corrected chi connectivity index (χ0v) is 14.5. The predicted octanol–water partition coefficient (Wildman–Crippen LogP) is 3.69. The lowest BCUT2D eigenvalue weighted by Gasteiger charge is -2.11. The van der Waals surface area contributed by atoms with E-state index in [0.717, 1.165) is 27.7 Å². The summed E-state index contributed by atoms with van der Waals surface area (Å²) < 4.78 is 0. The summed E-state index contributed by atoms with van der Waals surface area (Å²) in [6, 6.07) is 18.5. The molecule has 2 heterocycles. The molecular weight excluding hydrogens is 340 g/mol. The fraction of sp³-hybridized carbons (Fsp3) is 0.0952. The summed E-state index contributed by atoms with van der Waals surface area (Å²) in [7, 11) is 0. The van der Waals surface area contributed by atoms with Crippen molar-refractivity contribution in [3.8, 4) is 11.3 Å². The van der Waals surface area contributed by atoms with Gasteiger partial charge < -0.3 is 10.4 Å². The van der Waals surface area contributed by atoms with Gasteiger partial charge in [0.15, 0.2) is 0 Å². The van der Waals surface area contributed by atoms with Gasteiger partial charge in [-0.25, -0.2) is 0 Å². The molecule has 0 saturated heterocycles. The minimum absolute atomic E-state index is 0.0110. The molecule has 2 aromatic carbocycles. The highest BCUT2D eigenvalue weighted by molar-refractivity contribution is 5.98. The number of hydrogen-bond acceptors (Lipinski definition) is 4. The number of amides is 1. The number of rotatable bonds is 5. The van der Waals surface area contributed by atoms with Crippen molar-refractivity contribution < 1.29 is 9.90 Å². The summed E-state index contributed by atoms with van der Waals surface area (Å²) in [5.41, 5.74) is 3.91. The Kier molecular flexibility index (Phi) is 4.63. The topological polar surface area (TPSA) is 90.9 Å². The number of nitrogens with zero attached hydrogens (tertiary/aromatic N) is 2. The first-order chi connectivity index (χ1) is 13.2. The lowest BCUT2D eigenvalue weighted by atomic mass is 10.1. The van der Waals surface area contributed by atoms with Gasteiger partial charge in [-0.3, -0.25) is 14.9 Å². The molecule has 0 aliphatic rings. The van der Waals surface area contributed by atoms with Crippen LogP contribution in [0.2, 0.25) is 0 Å². The van der Waals surface area contributed by atoms with E-state index in [1.54, 1.807) is 30.6 Å². The van der Waals surface area contributed by atoms with Gasteiger partial charge in [0.1, 0.15) is 5.69 Å². The number of aromatic amines is 1.